The van der Waals surface area contributed by atoms with Crippen LogP contribution < -0.4 is 16.8 Å². The maximum Gasteiger partial charge on any atom is 0.267 e. The quantitative estimate of drug-likeness (QED) is 0.339. The number of hydrogen-bond donors (Lipinski definition) is 3. The Kier molecular flexibility index (Phi) is 5.27. The van der Waals surface area contributed by atoms with Gasteiger partial charge in [-0.25, -0.2) is 9.98 Å². The maximum atomic E-state index is 12.3. The number of carbonyl (C=O) groups excluding carboxylic acids is 1. The summed E-state index contributed by atoms with van der Waals surface area (Å²) in [6.45, 7) is 5.44. The zero-order valence-corrected chi connectivity index (χ0v) is 13.4. The number of carbonyl (C=O) groups is 1. The lowest BCUT2D eigenvalue weighted by Crippen LogP contribution is -2.11. The van der Waals surface area contributed by atoms with Crippen LogP contribution in [0.4, 0.5) is 16.5 Å². The van der Waals surface area contributed by atoms with Gasteiger partial charge in [0, 0.05) is 11.4 Å². The average Bonchev–Trinajstić information content (AvgIpc) is 2.97. The molecule has 0 spiro atoms. The summed E-state index contributed by atoms with van der Waals surface area (Å²) in [5.41, 5.74) is 13.6. The first-order chi connectivity index (χ1) is 11.0. The minimum absolute atomic E-state index is 0.266. The highest BCUT2D eigenvalue weighted by Crippen LogP contribution is 2.24. The van der Waals surface area contributed by atoms with E-state index < -0.39 is 0 Å². The van der Waals surface area contributed by atoms with Gasteiger partial charge < -0.3 is 16.8 Å². The number of amidine groups is 1. The summed E-state index contributed by atoms with van der Waals surface area (Å²) in [6.07, 6.45) is 6.33. The minimum atomic E-state index is -0.266. The Balaban J connectivity index is 2.14. The summed E-state index contributed by atoms with van der Waals surface area (Å²) in [7, 11) is 0. The van der Waals surface area contributed by atoms with E-state index in [1.807, 2.05) is 13.0 Å². The second-order valence-corrected chi connectivity index (χ2v) is 5.68. The van der Waals surface area contributed by atoms with Gasteiger partial charge in [-0.2, -0.15) is 0 Å². The number of allylic oxidation sites excluding steroid dienone is 2. The van der Waals surface area contributed by atoms with Gasteiger partial charge in [0.15, 0.2) is 0 Å². The fourth-order valence-electron chi connectivity index (χ4n) is 1.69. The highest BCUT2D eigenvalue weighted by atomic mass is 32.1. The molecule has 7 heteroatoms. The Labute approximate surface area is 138 Å². The van der Waals surface area contributed by atoms with Gasteiger partial charge in [-0.15, -0.1) is 0 Å². The zero-order chi connectivity index (χ0) is 16.8. The van der Waals surface area contributed by atoms with E-state index in [1.54, 1.807) is 30.4 Å². The molecule has 2 rings (SSSR count). The molecule has 0 saturated heterocycles. The van der Waals surface area contributed by atoms with E-state index in [9.17, 15) is 4.79 Å². The topological polar surface area (TPSA) is 106 Å². The summed E-state index contributed by atoms with van der Waals surface area (Å²) < 4.78 is 0. The van der Waals surface area contributed by atoms with E-state index in [0.29, 0.717) is 21.4 Å². The van der Waals surface area contributed by atoms with E-state index in [4.69, 9.17) is 11.5 Å². The van der Waals surface area contributed by atoms with Gasteiger partial charge in [0.05, 0.1) is 6.20 Å². The molecule has 0 unspecified atom stereocenters. The number of nitrogens with zero attached hydrogens (tertiary/aromatic N) is 2. The molecule has 0 bridgehead atoms. The van der Waals surface area contributed by atoms with Crippen LogP contribution in [-0.2, 0) is 0 Å². The number of rotatable bonds is 5. The Morgan fingerprint density at radius 3 is 3.00 bits per heavy atom. The fourth-order valence-corrected chi connectivity index (χ4v) is 2.40. The van der Waals surface area contributed by atoms with Crippen molar-refractivity contribution in [2.75, 3.05) is 11.1 Å². The van der Waals surface area contributed by atoms with Crippen molar-refractivity contribution in [2.24, 2.45) is 10.7 Å². The van der Waals surface area contributed by atoms with E-state index >= 15 is 0 Å². The lowest BCUT2D eigenvalue weighted by atomic mass is 10.2. The molecular formula is C16H17N5OS. The Bertz CT molecular complexity index is 792. The van der Waals surface area contributed by atoms with Crippen molar-refractivity contribution in [3.8, 4) is 0 Å². The molecule has 1 aromatic heterocycles. The molecule has 23 heavy (non-hydrogen) atoms. The maximum absolute atomic E-state index is 12.3. The third-order valence-electron chi connectivity index (χ3n) is 2.85. The SMILES string of the molecule is C=C/C=C\C(N)=N/c1ncc(C(=O)Nc2cc(N)ccc2C)s1. The summed E-state index contributed by atoms with van der Waals surface area (Å²) in [4.78, 5) is 20.9. The highest BCUT2D eigenvalue weighted by molar-refractivity contribution is 7.17. The van der Waals surface area contributed by atoms with Crippen LogP contribution in [0.25, 0.3) is 0 Å². The van der Waals surface area contributed by atoms with Gasteiger partial charge in [0.2, 0.25) is 5.13 Å². The lowest BCUT2D eigenvalue weighted by Gasteiger charge is -2.07. The van der Waals surface area contributed by atoms with Crippen molar-refractivity contribution in [3.63, 3.8) is 0 Å². The summed E-state index contributed by atoms with van der Waals surface area (Å²) >= 11 is 1.15. The van der Waals surface area contributed by atoms with E-state index in [2.05, 4.69) is 21.9 Å². The number of thiazole rings is 1. The summed E-state index contributed by atoms with van der Waals surface area (Å²) in [5, 5.41) is 3.22. The van der Waals surface area contributed by atoms with Gasteiger partial charge in [0.25, 0.3) is 5.91 Å². The van der Waals surface area contributed by atoms with Crippen molar-refractivity contribution in [3.05, 3.63) is 59.6 Å². The van der Waals surface area contributed by atoms with E-state index in [1.165, 1.54) is 6.20 Å². The normalized spacial score (nSPS) is 11.6. The molecule has 1 aromatic carbocycles. The fraction of sp³-hybridized carbons (Fsp3) is 0.0625. The number of nitrogens with two attached hydrogens (primary N) is 2. The molecule has 0 radical (unpaired) electrons. The third-order valence-corrected chi connectivity index (χ3v) is 3.74. The third kappa shape index (κ3) is 4.52. The molecule has 0 atom stereocenters. The van der Waals surface area contributed by atoms with Crippen molar-refractivity contribution in [2.45, 2.75) is 6.92 Å². The van der Waals surface area contributed by atoms with Crippen LogP contribution in [0, 0.1) is 6.92 Å². The number of hydrogen-bond acceptors (Lipinski definition) is 5. The Morgan fingerprint density at radius 1 is 1.48 bits per heavy atom. The largest absolute Gasteiger partial charge is 0.399 e. The first-order valence-electron chi connectivity index (χ1n) is 6.76. The van der Waals surface area contributed by atoms with Crippen molar-refractivity contribution < 1.29 is 4.79 Å². The van der Waals surface area contributed by atoms with Crippen LogP contribution in [0.15, 0.2) is 54.2 Å². The van der Waals surface area contributed by atoms with Gasteiger partial charge in [-0.3, -0.25) is 4.79 Å². The molecule has 1 heterocycles. The predicted molar refractivity (Wildman–Crippen MR) is 96.3 cm³/mol. The van der Waals surface area contributed by atoms with Crippen LogP contribution >= 0.6 is 11.3 Å². The van der Waals surface area contributed by atoms with E-state index in [0.717, 1.165) is 16.9 Å². The lowest BCUT2D eigenvalue weighted by molar-refractivity contribution is 0.103. The number of aromatic nitrogens is 1. The molecule has 118 valence electrons. The monoisotopic (exact) mass is 327 g/mol. The summed E-state index contributed by atoms with van der Waals surface area (Å²) in [6, 6.07) is 5.34. The molecule has 0 fully saturated rings. The standard InChI is InChI=1S/C16H17N5OS/c1-3-4-5-14(18)21-16-19-9-13(23-16)15(22)20-12-8-11(17)7-6-10(12)2/h3-9H,1,17H2,2H3,(H,20,22)(H2,18,19,21)/b5-4-. The molecule has 6 nitrogen and oxygen atoms in total. The first kappa shape index (κ1) is 16.4. The number of aryl methyl sites for hydroxylation is 1. The predicted octanol–water partition coefficient (Wildman–Crippen LogP) is 3.02. The number of nitrogen functional groups attached to an aromatic ring is 1. The van der Waals surface area contributed by atoms with Crippen molar-refractivity contribution >= 4 is 39.6 Å². The molecule has 1 amide bonds. The average molecular weight is 327 g/mol. The van der Waals surface area contributed by atoms with Crippen molar-refractivity contribution in [1.82, 2.24) is 4.98 Å². The smallest absolute Gasteiger partial charge is 0.267 e. The number of aliphatic imine (C=N–C) groups is 1. The van der Waals surface area contributed by atoms with Crippen LogP contribution in [0.1, 0.15) is 15.2 Å². The number of benzene rings is 1. The van der Waals surface area contributed by atoms with Crippen LogP contribution in [0.2, 0.25) is 0 Å². The van der Waals surface area contributed by atoms with Crippen LogP contribution in [-0.4, -0.2) is 16.7 Å². The Hall–Kier alpha value is -2.93. The second kappa shape index (κ2) is 7.37. The highest BCUT2D eigenvalue weighted by Gasteiger charge is 2.12. The zero-order valence-electron chi connectivity index (χ0n) is 12.6. The molecule has 5 N–H and O–H groups in total. The van der Waals surface area contributed by atoms with Gasteiger partial charge in [-0.05, 0) is 30.7 Å². The van der Waals surface area contributed by atoms with Crippen molar-refractivity contribution in [1.29, 1.82) is 0 Å². The number of nitrogens with one attached hydrogen (secondary N) is 1. The van der Waals surface area contributed by atoms with Crippen LogP contribution in [0.5, 0.6) is 0 Å². The van der Waals surface area contributed by atoms with Gasteiger partial charge in [-0.1, -0.05) is 36.1 Å². The van der Waals surface area contributed by atoms with Gasteiger partial charge >= 0.3 is 0 Å². The van der Waals surface area contributed by atoms with Crippen LogP contribution in [0.3, 0.4) is 0 Å². The number of anilines is 2. The molecule has 0 aliphatic carbocycles. The molecular weight excluding hydrogens is 310 g/mol. The minimum Gasteiger partial charge on any atom is -0.399 e. The van der Waals surface area contributed by atoms with Gasteiger partial charge in [0.1, 0.15) is 10.7 Å². The first-order valence-corrected chi connectivity index (χ1v) is 7.58. The number of amides is 1. The second-order valence-electron chi connectivity index (χ2n) is 4.67. The Morgan fingerprint density at radius 2 is 2.26 bits per heavy atom. The molecule has 0 aliphatic rings. The summed E-state index contributed by atoms with van der Waals surface area (Å²) in [5.74, 6) is 0.0238. The molecule has 0 aliphatic heterocycles. The van der Waals surface area contributed by atoms with E-state index in [-0.39, 0.29) is 11.7 Å². The molecule has 0 saturated carbocycles. The molecule has 2 aromatic rings.